The van der Waals surface area contributed by atoms with Gasteiger partial charge in [-0.1, -0.05) is 41.7 Å². The summed E-state index contributed by atoms with van der Waals surface area (Å²) in [6.07, 6.45) is 1.72. The van der Waals surface area contributed by atoms with Crippen molar-refractivity contribution < 1.29 is 23.7 Å². The molecule has 0 unspecified atom stereocenters. The zero-order valence-corrected chi connectivity index (χ0v) is 31.3. The SMILES string of the molecule is CCOC(=O)C1=C(C)N=c2s/c(=C/c3cc(I)c(OCc4ccc(I)cc4)c(OCC)c3)c(=O)n2[C@@H]1c1ccccc1OC(C)C. The van der Waals surface area contributed by atoms with Crippen LogP contribution in [-0.2, 0) is 16.1 Å². The van der Waals surface area contributed by atoms with Gasteiger partial charge in [-0.05, 0) is 127 Å². The van der Waals surface area contributed by atoms with Crippen LogP contribution in [0, 0.1) is 7.14 Å². The Labute approximate surface area is 299 Å². The van der Waals surface area contributed by atoms with E-state index in [0.717, 1.165) is 18.3 Å². The zero-order chi connectivity index (χ0) is 33.0. The van der Waals surface area contributed by atoms with E-state index in [4.69, 9.17) is 23.9 Å². The topological polar surface area (TPSA) is 88.4 Å². The van der Waals surface area contributed by atoms with Crippen LogP contribution in [0.3, 0.4) is 0 Å². The molecule has 1 aliphatic rings. The second kappa shape index (κ2) is 15.2. The quantitative estimate of drug-likeness (QED) is 0.122. The van der Waals surface area contributed by atoms with Gasteiger partial charge in [0.1, 0.15) is 18.4 Å². The standard InChI is InChI=1S/C35H34I2N2O6S/c1-6-42-28-17-23(16-26(37)32(28)44-19-22-12-14-24(36)15-13-22)18-29-33(40)39-31(25-10-8-9-11-27(25)45-20(3)4)30(34(41)43-7-2)21(5)38-35(39)46-29/h8-18,20,31H,6-7,19H2,1-5H3/b29-18+/t31-/m1/s1. The summed E-state index contributed by atoms with van der Waals surface area (Å²) in [4.78, 5) is 32.8. The van der Waals surface area contributed by atoms with Gasteiger partial charge in [0, 0.05) is 9.13 Å². The van der Waals surface area contributed by atoms with Gasteiger partial charge in [-0.25, -0.2) is 9.79 Å². The van der Waals surface area contributed by atoms with Crippen LogP contribution in [0.5, 0.6) is 17.2 Å². The first kappa shape index (κ1) is 34.2. The minimum Gasteiger partial charge on any atom is -0.491 e. The molecule has 0 saturated heterocycles. The third-order valence-electron chi connectivity index (χ3n) is 7.02. The van der Waals surface area contributed by atoms with Gasteiger partial charge in [-0.3, -0.25) is 9.36 Å². The number of carbonyl (C=O) groups excluding carboxylic acids is 1. The molecular weight excluding hydrogens is 830 g/mol. The smallest absolute Gasteiger partial charge is 0.338 e. The fourth-order valence-corrected chi connectivity index (χ4v) is 7.30. The van der Waals surface area contributed by atoms with E-state index < -0.39 is 12.0 Å². The lowest BCUT2D eigenvalue weighted by atomic mass is 9.95. The number of ether oxygens (including phenoxy) is 4. The van der Waals surface area contributed by atoms with Crippen molar-refractivity contribution in [3.8, 4) is 17.2 Å². The Morgan fingerprint density at radius 2 is 1.76 bits per heavy atom. The summed E-state index contributed by atoms with van der Waals surface area (Å²) in [5, 5.41) is 0. The predicted octanol–water partition coefficient (Wildman–Crippen LogP) is 6.77. The van der Waals surface area contributed by atoms with Gasteiger partial charge in [0.15, 0.2) is 16.3 Å². The monoisotopic (exact) mass is 864 g/mol. The predicted molar refractivity (Wildman–Crippen MR) is 196 cm³/mol. The molecule has 0 saturated carbocycles. The Balaban J connectivity index is 1.61. The van der Waals surface area contributed by atoms with E-state index >= 15 is 0 Å². The van der Waals surface area contributed by atoms with Crippen LogP contribution in [0.4, 0.5) is 0 Å². The molecule has 0 amide bonds. The number of allylic oxidation sites excluding steroid dienone is 1. The number of fused-ring (bicyclic) bond motifs is 1. The molecule has 5 rings (SSSR count). The van der Waals surface area contributed by atoms with Crippen LogP contribution in [0.15, 0.2) is 81.7 Å². The molecule has 0 spiro atoms. The maximum atomic E-state index is 14.2. The van der Waals surface area contributed by atoms with E-state index in [1.807, 2.05) is 87.5 Å². The van der Waals surface area contributed by atoms with Crippen molar-refractivity contribution in [1.29, 1.82) is 0 Å². The Hall–Kier alpha value is -3.17. The van der Waals surface area contributed by atoms with Crippen LogP contribution in [0.2, 0.25) is 0 Å². The number of aromatic nitrogens is 1. The molecule has 1 atom stereocenters. The van der Waals surface area contributed by atoms with Crippen LogP contribution in [0.1, 0.15) is 57.4 Å². The molecule has 0 aliphatic carbocycles. The van der Waals surface area contributed by atoms with Gasteiger partial charge in [-0.15, -0.1) is 0 Å². The molecular formula is C35H34I2N2O6S. The number of nitrogens with zero attached hydrogens (tertiary/aromatic N) is 2. The van der Waals surface area contributed by atoms with Gasteiger partial charge in [-0.2, -0.15) is 0 Å². The third kappa shape index (κ3) is 7.52. The summed E-state index contributed by atoms with van der Waals surface area (Å²) >= 11 is 5.78. The molecule has 0 bridgehead atoms. The second-order valence-electron chi connectivity index (χ2n) is 10.7. The summed E-state index contributed by atoms with van der Waals surface area (Å²) in [7, 11) is 0. The number of rotatable bonds is 11. The van der Waals surface area contributed by atoms with E-state index in [9.17, 15) is 9.59 Å². The van der Waals surface area contributed by atoms with E-state index in [1.54, 1.807) is 18.4 Å². The molecule has 0 fully saturated rings. The lowest BCUT2D eigenvalue weighted by molar-refractivity contribution is -0.139. The molecule has 240 valence electrons. The van der Waals surface area contributed by atoms with Gasteiger partial charge in [0.25, 0.3) is 5.56 Å². The molecule has 2 heterocycles. The molecule has 1 aliphatic heterocycles. The van der Waals surface area contributed by atoms with Crippen molar-refractivity contribution in [2.24, 2.45) is 4.99 Å². The lowest BCUT2D eigenvalue weighted by Crippen LogP contribution is -2.40. The summed E-state index contributed by atoms with van der Waals surface area (Å²) in [6.45, 7) is 10.4. The molecule has 11 heteroatoms. The largest absolute Gasteiger partial charge is 0.491 e. The van der Waals surface area contributed by atoms with E-state index in [-0.39, 0.29) is 18.3 Å². The number of para-hydroxylation sites is 1. The highest BCUT2D eigenvalue weighted by Crippen LogP contribution is 2.37. The van der Waals surface area contributed by atoms with Gasteiger partial charge in [0.2, 0.25) is 0 Å². The highest BCUT2D eigenvalue weighted by atomic mass is 127. The van der Waals surface area contributed by atoms with Crippen molar-refractivity contribution in [2.45, 2.75) is 53.4 Å². The third-order valence-corrected chi connectivity index (χ3v) is 9.52. The molecule has 0 radical (unpaired) electrons. The van der Waals surface area contributed by atoms with Crippen LogP contribution in [0.25, 0.3) is 6.08 Å². The average molecular weight is 865 g/mol. The number of thiazole rings is 1. The van der Waals surface area contributed by atoms with Gasteiger partial charge in [0.05, 0.1) is 38.7 Å². The number of benzene rings is 3. The first-order valence-electron chi connectivity index (χ1n) is 14.9. The summed E-state index contributed by atoms with van der Waals surface area (Å²) in [5.74, 6) is 1.32. The molecule has 8 nitrogen and oxygen atoms in total. The average Bonchev–Trinajstić information content (AvgIpc) is 3.31. The first-order valence-corrected chi connectivity index (χ1v) is 17.9. The van der Waals surface area contributed by atoms with Gasteiger partial charge >= 0.3 is 5.97 Å². The summed E-state index contributed by atoms with van der Waals surface area (Å²) < 4.78 is 27.9. The van der Waals surface area contributed by atoms with E-state index in [2.05, 4.69) is 45.2 Å². The lowest BCUT2D eigenvalue weighted by Gasteiger charge is -2.26. The minimum absolute atomic E-state index is 0.112. The first-order chi connectivity index (χ1) is 22.1. The number of hydrogen-bond acceptors (Lipinski definition) is 8. The number of esters is 1. The zero-order valence-electron chi connectivity index (χ0n) is 26.1. The van der Waals surface area contributed by atoms with Crippen molar-refractivity contribution >= 4 is 68.6 Å². The maximum absolute atomic E-state index is 14.2. The van der Waals surface area contributed by atoms with Crippen LogP contribution in [-0.4, -0.2) is 29.9 Å². The van der Waals surface area contributed by atoms with E-state index in [1.165, 1.54) is 11.3 Å². The normalized spacial score (nSPS) is 14.6. The number of hydrogen-bond donors (Lipinski definition) is 0. The molecule has 4 aromatic rings. The fourth-order valence-electron chi connectivity index (χ4n) is 5.12. The Morgan fingerprint density at radius 3 is 2.46 bits per heavy atom. The minimum atomic E-state index is -0.774. The summed E-state index contributed by atoms with van der Waals surface area (Å²) in [6, 6.07) is 18.7. The maximum Gasteiger partial charge on any atom is 0.338 e. The summed E-state index contributed by atoms with van der Waals surface area (Å²) in [5.41, 5.74) is 3.05. The number of carbonyl (C=O) groups is 1. The fraction of sp³-hybridized carbons (Fsp3) is 0.286. The highest BCUT2D eigenvalue weighted by Gasteiger charge is 2.35. The highest BCUT2D eigenvalue weighted by molar-refractivity contribution is 14.1. The van der Waals surface area contributed by atoms with Crippen molar-refractivity contribution in [3.63, 3.8) is 0 Å². The van der Waals surface area contributed by atoms with E-state index in [0.29, 0.717) is 56.6 Å². The number of halogens is 2. The Bertz CT molecular complexity index is 1960. The van der Waals surface area contributed by atoms with Crippen LogP contribution >= 0.6 is 56.5 Å². The van der Waals surface area contributed by atoms with Crippen molar-refractivity contribution in [2.75, 3.05) is 13.2 Å². The Kier molecular flexibility index (Phi) is 11.3. The van der Waals surface area contributed by atoms with Crippen molar-refractivity contribution in [3.05, 3.63) is 115 Å². The molecule has 0 N–H and O–H groups in total. The van der Waals surface area contributed by atoms with Crippen LogP contribution < -0.4 is 29.1 Å². The second-order valence-corrected chi connectivity index (χ2v) is 14.1. The molecule has 3 aromatic carbocycles. The Morgan fingerprint density at radius 1 is 1.02 bits per heavy atom. The van der Waals surface area contributed by atoms with Crippen molar-refractivity contribution in [1.82, 2.24) is 4.57 Å². The molecule has 1 aromatic heterocycles. The van der Waals surface area contributed by atoms with Gasteiger partial charge < -0.3 is 18.9 Å². The molecule has 46 heavy (non-hydrogen) atoms.